The zero-order valence-corrected chi connectivity index (χ0v) is 10.6. The number of hydrogen-bond acceptors (Lipinski definition) is 7. The van der Waals surface area contributed by atoms with Gasteiger partial charge in [-0.15, -0.1) is 11.3 Å². The number of nitrogens with zero attached hydrogens (tertiary/aromatic N) is 3. The monoisotopic (exact) mass is 253 g/mol. The molecule has 0 aromatic carbocycles. The van der Waals surface area contributed by atoms with Crippen LogP contribution in [0.5, 0.6) is 0 Å². The second-order valence-electron chi connectivity index (χ2n) is 4.08. The minimum Gasteiger partial charge on any atom is -0.368 e. The van der Waals surface area contributed by atoms with Crippen molar-refractivity contribution in [3.63, 3.8) is 0 Å². The molecule has 0 radical (unpaired) electrons. The minimum absolute atomic E-state index is 0.170. The van der Waals surface area contributed by atoms with Crippen LogP contribution < -0.4 is 11.5 Å². The Morgan fingerprint density at radius 2 is 2.24 bits per heavy atom. The molecular weight excluding hydrogens is 238 g/mol. The van der Waals surface area contributed by atoms with Gasteiger partial charge in [-0.2, -0.15) is 10.1 Å². The van der Waals surface area contributed by atoms with Crippen molar-refractivity contribution in [1.29, 1.82) is 0 Å². The van der Waals surface area contributed by atoms with E-state index in [1.165, 1.54) is 5.06 Å². The molecule has 0 amide bonds. The molecule has 0 atom stereocenters. The number of rotatable bonds is 3. The average Bonchev–Trinajstić information content (AvgIpc) is 2.67. The number of thiophene rings is 1. The molecule has 0 unspecified atom stereocenters. The summed E-state index contributed by atoms with van der Waals surface area (Å²) in [5.74, 6) is 0.391. The van der Waals surface area contributed by atoms with E-state index < -0.39 is 5.66 Å². The van der Waals surface area contributed by atoms with Crippen LogP contribution in [0.25, 0.3) is 0 Å². The first-order chi connectivity index (χ1) is 7.99. The third kappa shape index (κ3) is 2.56. The van der Waals surface area contributed by atoms with Crippen LogP contribution in [0.15, 0.2) is 27.5 Å². The summed E-state index contributed by atoms with van der Waals surface area (Å²) in [6.45, 7) is 4.15. The Morgan fingerprint density at radius 3 is 2.82 bits per heavy atom. The molecule has 7 heteroatoms. The van der Waals surface area contributed by atoms with Gasteiger partial charge in [0.1, 0.15) is 6.61 Å². The zero-order valence-electron chi connectivity index (χ0n) is 9.75. The van der Waals surface area contributed by atoms with Crippen LogP contribution >= 0.6 is 11.3 Å². The number of hydrogen-bond donors (Lipinski definition) is 2. The molecule has 6 nitrogen and oxygen atoms in total. The lowest BCUT2D eigenvalue weighted by molar-refractivity contribution is -0.166. The van der Waals surface area contributed by atoms with E-state index in [0.717, 1.165) is 4.88 Å². The Kier molecular flexibility index (Phi) is 3.03. The average molecular weight is 253 g/mol. The van der Waals surface area contributed by atoms with Gasteiger partial charge in [0, 0.05) is 4.88 Å². The molecule has 0 bridgehead atoms. The zero-order chi connectivity index (χ0) is 12.5. The quantitative estimate of drug-likeness (QED) is 0.836. The summed E-state index contributed by atoms with van der Waals surface area (Å²) in [7, 11) is 0. The van der Waals surface area contributed by atoms with Gasteiger partial charge in [0.05, 0.1) is 0 Å². The lowest BCUT2D eigenvalue weighted by Gasteiger charge is -2.36. The number of hydroxylamine groups is 2. The van der Waals surface area contributed by atoms with Gasteiger partial charge < -0.3 is 11.5 Å². The highest BCUT2D eigenvalue weighted by molar-refractivity contribution is 7.09. The van der Waals surface area contributed by atoms with Crippen LogP contribution in [0.2, 0.25) is 0 Å². The van der Waals surface area contributed by atoms with E-state index >= 15 is 0 Å². The second-order valence-corrected chi connectivity index (χ2v) is 5.11. The maximum absolute atomic E-state index is 5.78. The lowest BCUT2D eigenvalue weighted by Crippen LogP contribution is -2.53. The van der Waals surface area contributed by atoms with Gasteiger partial charge in [-0.1, -0.05) is 6.07 Å². The van der Waals surface area contributed by atoms with E-state index in [9.17, 15) is 0 Å². The maximum atomic E-state index is 5.78. The van der Waals surface area contributed by atoms with Crippen LogP contribution in [0, 0.1) is 0 Å². The summed E-state index contributed by atoms with van der Waals surface area (Å²) in [6.07, 6.45) is 0. The molecule has 0 saturated heterocycles. The highest BCUT2D eigenvalue weighted by atomic mass is 32.1. The molecule has 1 aliphatic rings. The Bertz CT molecular complexity index is 451. The molecule has 4 N–H and O–H groups in total. The first-order valence-electron chi connectivity index (χ1n) is 5.14. The normalized spacial score (nSPS) is 18.8. The van der Waals surface area contributed by atoms with Crippen molar-refractivity contribution in [2.24, 2.45) is 21.5 Å². The van der Waals surface area contributed by atoms with Crippen molar-refractivity contribution < 1.29 is 4.84 Å². The summed E-state index contributed by atoms with van der Waals surface area (Å²) in [5, 5.41) is 3.47. The summed E-state index contributed by atoms with van der Waals surface area (Å²) >= 11 is 1.62. The molecule has 17 heavy (non-hydrogen) atoms. The standard InChI is InChI=1S/C10H15N5OS/c1-10(2)14-8(11)13-9(12)15(10)16-6-7-4-3-5-17-7/h3-5H,6H2,1-2H3,(H4,11,12,13,14). The highest BCUT2D eigenvalue weighted by Gasteiger charge is 2.33. The molecule has 2 rings (SSSR count). The van der Waals surface area contributed by atoms with E-state index in [0.29, 0.717) is 6.61 Å². The largest absolute Gasteiger partial charge is 0.368 e. The van der Waals surface area contributed by atoms with E-state index in [1.807, 2.05) is 31.4 Å². The number of guanidine groups is 2. The SMILES string of the molecule is CC1(C)N=C(N)N=C(N)N1OCc1cccs1. The second kappa shape index (κ2) is 4.34. The third-order valence-corrected chi connectivity index (χ3v) is 3.09. The van der Waals surface area contributed by atoms with E-state index in [-0.39, 0.29) is 11.9 Å². The predicted molar refractivity (Wildman–Crippen MR) is 68.3 cm³/mol. The predicted octanol–water partition coefficient (Wildman–Crippen LogP) is 0.861. The fraction of sp³-hybridized carbons (Fsp3) is 0.400. The first-order valence-corrected chi connectivity index (χ1v) is 6.02. The summed E-state index contributed by atoms with van der Waals surface area (Å²) in [5.41, 5.74) is 10.7. The van der Waals surface area contributed by atoms with Crippen LogP contribution in [0.3, 0.4) is 0 Å². The highest BCUT2D eigenvalue weighted by Crippen LogP contribution is 2.21. The van der Waals surface area contributed by atoms with Crippen molar-refractivity contribution in [1.82, 2.24) is 5.06 Å². The fourth-order valence-electron chi connectivity index (χ4n) is 1.54. The molecule has 0 spiro atoms. The molecule has 0 aliphatic carbocycles. The van der Waals surface area contributed by atoms with Gasteiger partial charge in [-0.3, -0.25) is 4.84 Å². The van der Waals surface area contributed by atoms with Crippen LogP contribution in [-0.4, -0.2) is 22.6 Å². The van der Waals surface area contributed by atoms with Crippen LogP contribution in [0.4, 0.5) is 0 Å². The van der Waals surface area contributed by atoms with Gasteiger partial charge in [0.25, 0.3) is 0 Å². The van der Waals surface area contributed by atoms with Gasteiger partial charge >= 0.3 is 0 Å². The van der Waals surface area contributed by atoms with E-state index in [2.05, 4.69) is 9.98 Å². The van der Waals surface area contributed by atoms with E-state index in [1.54, 1.807) is 11.3 Å². The molecular formula is C10H15N5OS. The van der Waals surface area contributed by atoms with Crippen molar-refractivity contribution >= 4 is 23.3 Å². The summed E-state index contributed by atoms with van der Waals surface area (Å²) < 4.78 is 0. The number of aliphatic imine (C=N–C) groups is 2. The maximum Gasteiger partial charge on any atom is 0.226 e. The van der Waals surface area contributed by atoms with Gasteiger partial charge in [0.15, 0.2) is 5.66 Å². The molecule has 1 aromatic heterocycles. The van der Waals surface area contributed by atoms with Crippen molar-refractivity contribution in [3.8, 4) is 0 Å². The Morgan fingerprint density at radius 1 is 1.47 bits per heavy atom. The lowest BCUT2D eigenvalue weighted by atomic mass is 10.2. The molecule has 0 fully saturated rings. The molecule has 1 aliphatic heterocycles. The van der Waals surface area contributed by atoms with Gasteiger partial charge in [-0.25, -0.2) is 4.99 Å². The summed E-state index contributed by atoms with van der Waals surface area (Å²) in [4.78, 5) is 14.8. The van der Waals surface area contributed by atoms with Gasteiger partial charge in [0.2, 0.25) is 11.9 Å². The van der Waals surface area contributed by atoms with Gasteiger partial charge in [-0.05, 0) is 25.3 Å². The van der Waals surface area contributed by atoms with Crippen molar-refractivity contribution in [2.75, 3.05) is 0 Å². The van der Waals surface area contributed by atoms with Crippen LogP contribution in [0.1, 0.15) is 18.7 Å². The Labute approximate surface area is 104 Å². The molecule has 1 aromatic rings. The topological polar surface area (TPSA) is 89.2 Å². The Balaban J connectivity index is 2.08. The first kappa shape index (κ1) is 11.9. The smallest absolute Gasteiger partial charge is 0.226 e. The van der Waals surface area contributed by atoms with Crippen LogP contribution in [-0.2, 0) is 11.4 Å². The molecule has 2 heterocycles. The minimum atomic E-state index is -0.646. The molecule has 0 saturated carbocycles. The molecule has 92 valence electrons. The van der Waals surface area contributed by atoms with E-state index in [4.69, 9.17) is 16.3 Å². The third-order valence-electron chi connectivity index (χ3n) is 2.24. The van der Waals surface area contributed by atoms with Crippen molar-refractivity contribution in [2.45, 2.75) is 26.1 Å². The fourth-order valence-corrected chi connectivity index (χ4v) is 2.15. The number of nitrogens with two attached hydrogens (primary N) is 2. The summed E-state index contributed by atoms with van der Waals surface area (Å²) in [6, 6.07) is 3.96. The van der Waals surface area contributed by atoms with Crippen molar-refractivity contribution in [3.05, 3.63) is 22.4 Å². The Hall–Kier alpha value is -1.60.